The van der Waals surface area contributed by atoms with Crippen molar-refractivity contribution in [2.24, 2.45) is 0 Å². The van der Waals surface area contributed by atoms with Gasteiger partial charge < -0.3 is 4.74 Å². The summed E-state index contributed by atoms with van der Waals surface area (Å²) in [5.41, 5.74) is 0.848. The molecule has 1 aromatic rings. The lowest BCUT2D eigenvalue weighted by molar-refractivity contribution is -0.145. The van der Waals surface area contributed by atoms with Crippen molar-refractivity contribution in [3.8, 4) is 0 Å². The van der Waals surface area contributed by atoms with Crippen molar-refractivity contribution in [1.82, 2.24) is 15.3 Å². The Morgan fingerprint density at radius 1 is 1.67 bits per heavy atom. The van der Waals surface area contributed by atoms with Gasteiger partial charge in [0.05, 0.1) is 12.3 Å². The van der Waals surface area contributed by atoms with Gasteiger partial charge in [-0.3, -0.25) is 10.1 Å². The zero-order valence-electron chi connectivity index (χ0n) is 8.93. The molecule has 1 N–H and O–H groups in total. The molecule has 0 aliphatic carbocycles. The van der Waals surface area contributed by atoms with E-state index in [1.54, 1.807) is 26.1 Å². The van der Waals surface area contributed by atoms with Gasteiger partial charge in [-0.25, -0.2) is 9.97 Å². The maximum absolute atomic E-state index is 11.2. The summed E-state index contributed by atoms with van der Waals surface area (Å²) in [6, 6.07) is 1.48. The van der Waals surface area contributed by atoms with Crippen molar-refractivity contribution >= 4 is 5.97 Å². The van der Waals surface area contributed by atoms with Crippen molar-refractivity contribution in [1.29, 1.82) is 0 Å². The summed E-state index contributed by atoms with van der Waals surface area (Å²) in [4.78, 5) is 19.1. The first-order valence-electron chi connectivity index (χ1n) is 4.89. The maximum Gasteiger partial charge on any atom is 0.322 e. The van der Waals surface area contributed by atoms with E-state index in [1.807, 2.05) is 0 Å². The minimum Gasteiger partial charge on any atom is -0.465 e. The van der Waals surface area contributed by atoms with Crippen LogP contribution in [0, 0.1) is 0 Å². The quantitative estimate of drug-likeness (QED) is 0.716. The van der Waals surface area contributed by atoms with E-state index in [4.69, 9.17) is 4.74 Å². The fraction of sp³-hybridized carbons (Fsp3) is 0.500. The van der Waals surface area contributed by atoms with Gasteiger partial charge in [0.25, 0.3) is 0 Å². The molecule has 0 bridgehead atoms. The highest BCUT2D eigenvalue weighted by Crippen LogP contribution is 1.93. The largest absolute Gasteiger partial charge is 0.465 e. The molecule has 5 nitrogen and oxygen atoms in total. The molecule has 0 saturated heterocycles. The molecule has 1 atom stereocenters. The first-order chi connectivity index (χ1) is 7.24. The van der Waals surface area contributed by atoms with Crippen LogP contribution in [-0.2, 0) is 16.1 Å². The first-order valence-corrected chi connectivity index (χ1v) is 4.89. The van der Waals surface area contributed by atoms with Crippen LogP contribution < -0.4 is 5.32 Å². The fourth-order valence-electron chi connectivity index (χ4n) is 1.03. The minimum atomic E-state index is -0.320. The molecular weight excluding hydrogens is 194 g/mol. The standard InChI is InChI=1S/C10H15N3O2/c1-3-15-10(14)8(2)12-6-9-4-5-11-7-13-9/h4-5,7-8,12H,3,6H2,1-2H3. The molecule has 1 heterocycles. The Kier molecular flexibility index (Phi) is 4.70. The highest BCUT2D eigenvalue weighted by atomic mass is 16.5. The monoisotopic (exact) mass is 209 g/mol. The Bertz CT molecular complexity index is 303. The van der Waals surface area contributed by atoms with Gasteiger partial charge in [0.15, 0.2) is 0 Å². The highest BCUT2D eigenvalue weighted by Gasteiger charge is 2.12. The van der Waals surface area contributed by atoms with Gasteiger partial charge in [0, 0.05) is 12.7 Å². The van der Waals surface area contributed by atoms with Crippen LogP contribution in [0.2, 0.25) is 0 Å². The summed E-state index contributed by atoms with van der Waals surface area (Å²) in [6.45, 7) is 4.48. The Hall–Kier alpha value is -1.49. The summed E-state index contributed by atoms with van der Waals surface area (Å²) in [5.74, 6) is -0.244. The van der Waals surface area contributed by atoms with E-state index >= 15 is 0 Å². The van der Waals surface area contributed by atoms with Crippen LogP contribution >= 0.6 is 0 Å². The average molecular weight is 209 g/mol. The Balaban J connectivity index is 2.34. The molecule has 0 fully saturated rings. The third kappa shape index (κ3) is 4.03. The topological polar surface area (TPSA) is 64.1 Å². The zero-order chi connectivity index (χ0) is 11.1. The van der Waals surface area contributed by atoms with E-state index in [9.17, 15) is 4.79 Å². The van der Waals surface area contributed by atoms with Gasteiger partial charge in [-0.05, 0) is 19.9 Å². The summed E-state index contributed by atoms with van der Waals surface area (Å²) in [6.07, 6.45) is 3.14. The van der Waals surface area contributed by atoms with E-state index in [0.29, 0.717) is 13.2 Å². The van der Waals surface area contributed by atoms with Crippen LogP contribution in [0.15, 0.2) is 18.6 Å². The van der Waals surface area contributed by atoms with Crippen molar-refractivity contribution in [2.45, 2.75) is 26.4 Å². The van der Waals surface area contributed by atoms with Crippen LogP contribution in [0.5, 0.6) is 0 Å². The fourth-order valence-corrected chi connectivity index (χ4v) is 1.03. The predicted molar refractivity (Wildman–Crippen MR) is 55.0 cm³/mol. The Labute approximate surface area is 88.9 Å². The molecule has 15 heavy (non-hydrogen) atoms. The van der Waals surface area contributed by atoms with Crippen LogP contribution in [0.1, 0.15) is 19.5 Å². The lowest BCUT2D eigenvalue weighted by Crippen LogP contribution is -2.35. The number of rotatable bonds is 5. The summed E-state index contributed by atoms with van der Waals surface area (Å²) in [7, 11) is 0. The Morgan fingerprint density at radius 2 is 2.47 bits per heavy atom. The number of nitrogens with zero attached hydrogens (tertiary/aromatic N) is 2. The number of carbonyl (C=O) groups is 1. The third-order valence-electron chi connectivity index (χ3n) is 1.87. The maximum atomic E-state index is 11.2. The van der Waals surface area contributed by atoms with Crippen molar-refractivity contribution in [3.63, 3.8) is 0 Å². The molecule has 0 amide bonds. The molecule has 0 radical (unpaired) electrons. The van der Waals surface area contributed by atoms with E-state index in [0.717, 1.165) is 5.69 Å². The van der Waals surface area contributed by atoms with Crippen molar-refractivity contribution in [2.75, 3.05) is 6.61 Å². The second-order valence-electron chi connectivity index (χ2n) is 3.06. The lowest BCUT2D eigenvalue weighted by atomic mass is 10.3. The summed E-state index contributed by atoms with van der Waals surface area (Å²) in [5, 5.41) is 3.02. The summed E-state index contributed by atoms with van der Waals surface area (Å²) < 4.78 is 4.86. The van der Waals surface area contributed by atoms with Crippen LogP contribution in [0.4, 0.5) is 0 Å². The zero-order valence-corrected chi connectivity index (χ0v) is 8.93. The molecule has 0 aliphatic heterocycles. The number of hydrogen-bond donors (Lipinski definition) is 1. The average Bonchev–Trinajstić information content (AvgIpc) is 2.27. The highest BCUT2D eigenvalue weighted by molar-refractivity contribution is 5.75. The third-order valence-corrected chi connectivity index (χ3v) is 1.87. The normalized spacial score (nSPS) is 12.1. The molecular formula is C10H15N3O2. The predicted octanol–water partition coefficient (Wildman–Crippen LogP) is 0.518. The molecule has 82 valence electrons. The van der Waals surface area contributed by atoms with E-state index in [2.05, 4.69) is 15.3 Å². The van der Waals surface area contributed by atoms with Gasteiger partial charge in [-0.15, -0.1) is 0 Å². The molecule has 5 heteroatoms. The minimum absolute atomic E-state index is 0.244. The molecule has 0 aliphatic rings. The molecule has 1 rings (SSSR count). The van der Waals surface area contributed by atoms with E-state index in [1.165, 1.54) is 6.33 Å². The van der Waals surface area contributed by atoms with E-state index in [-0.39, 0.29) is 12.0 Å². The number of hydrogen-bond acceptors (Lipinski definition) is 5. The SMILES string of the molecule is CCOC(=O)C(C)NCc1ccncn1. The smallest absolute Gasteiger partial charge is 0.322 e. The van der Waals surface area contributed by atoms with Gasteiger partial charge in [0.2, 0.25) is 0 Å². The molecule has 1 unspecified atom stereocenters. The number of esters is 1. The molecule has 1 aromatic heterocycles. The second kappa shape index (κ2) is 6.08. The van der Waals surface area contributed by atoms with Gasteiger partial charge >= 0.3 is 5.97 Å². The molecule has 0 spiro atoms. The van der Waals surface area contributed by atoms with Gasteiger partial charge in [-0.2, -0.15) is 0 Å². The number of carbonyl (C=O) groups excluding carboxylic acids is 1. The number of aromatic nitrogens is 2. The lowest BCUT2D eigenvalue weighted by Gasteiger charge is -2.11. The van der Waals surface area contributed by atoms with Gasteiger partial charge in [-0.1, -0.05) is 0 Å². The second-order valence-corrected chi connectivity index (χ2v) is 3.06. The van der Waals surface area contributed by atoms with E-state index < -0.39 is 0 Å². The first kappa shape index (κ1) is 11.6. The van der Waals surface area contributed by atoms with Crippen LogP contribution in [0.3, 0.4) is 0 Å². The Morgan fingerprint density at radius 3 is 3.07 bits per heavy atom. The molecule has 0 aromatic carbocycles. The van der Waals surface area contributed by atoms with Crippen LogP contribution in [-0.4, -0.2) is 28.6 Å². The number of nitrogens with one attached hydrogen (secondary N) is 1. The number of ether oxygens (including phenoxy) is 1. The van der Waals surface area contributed by atoms with Gasteiger partial charge in [0.1, 0.15) is 12.4 Å². The van der Waals surface area contributed by atoms with Crippen LogP contribution in [0.25, 0.3) is 0 Å². The summed E-state index contributed by atoms with van der Waals surface area (Å²) >= 11 is 0. The molecule has 0 saturated carbocycles. The van der Waals surface area contributed by atoms with Crippen molar-refractivity contribution in [3.05, 3.63) is 24.3 Å². The van der Waals surface area contributed by atoms with Crippen molar-refractivity contribution < 1.29 is 9.53 Å².